The summed E-state index contributed by atoms with van der Waals surface area (Å²) in [5, 5.41) is 4.83. The molecule has 1 aliphatic carbocycles. The van der Waals surface area contributed by atoms with Gasteiger partial charge < -0.3 is 11.1 Å². The number of pyridine rings is 1. The molecule has 1 saturated carbocycles. The molecule has 1 amide bonds. The Labute approximate surface area is 128 Å². The molecule has 1 fully saturated rings. The number of amides is 1. The van der Waals surface area contributed by atoms with Gasteiger partial charge in [-0.3, -0.25) is 4.79 Å². The fraction of sp³-hybridized carbons (Fsp3) is 0.375. The summed E-state index contributed by atoms with van der Waals surface area (Å²) in [5.74, 6) is 0.259. The number of nitrogens with zero attached hydrogens (tertiary/aromatic N) is 1. The van der Waals surface area contributed by atoms with E-state index in [4.69, 9.17) is 5.73 Å². The molecule has 1 heterocycles. The van der Waals surface area contributed by atoms with Gasteiger partial charge in [-0.1, -0.05) is 30.7 Å². The van der Waals surface area contributed by atoms with Crippen molar-refractivity contribution < 1.29 is 4.79 Å². The van der Waals surface area contributed by atoms with Crippen LogP contribution in [0.1, 0.15) is 29.8 Å². The Morgan fingerprint density at radius 2 is 2.19 bits per heavy atom. The Kier molecular flexibility index (Phi) is 3.76. The number of carbonyl (C=O) groups excluding carboxylic acids is 1. The van der Waals surface area contributed by atoms with Crippen LogP contribution in [-0.4, -0.2) is 28.4 Å². The van der Waals surface area contributed by atoms with Crippen molar-refractivity contribution in [2.75, 3.05) is 18.5 Å². The van der Waals surface area contributed by atoms with Crippen LogP contribution >= 0.6 is 11.8 Å². The van der Waals surface area contributed by atoms with Crippen molar-refractivity contribution in [3.63, 3.8) is 0 Å². The van der Waals surface area contributed by atoms with Crippen molar-refractivity contribution >= 4 is 34.3 Å². The van der Waals surface area contributed by atoms with Crippen LogP contribution in [-0.2, 0) is 0 Å². The molecule has 0 aliphatic heterocycles. The van der Waals surface area contributed by atoms with E-state index in [0.29, 0.717) is 18.1 Å². The summed E-state index contributed by atoms with van der Waals surface area (Å²) < 4.78 is 0.220. The van der Waals surface area contributed by atoms with Gasteiger partial charge in [0.2, 0.25) is 0 Å². The Morgan fingerprint density at radius 3 is 2.86 bits per heavy atom. The third-order valence-corrected chi connectivity index (χ3v) is 5.69. The number of nitrogens with two attached hydrogens (primary N) is 1. The summed E-state index contributed by atoms with van der Waals surface area (Å²) in [6, 6.07) is 9.50. The van der Waals surface area contributed by atoms with Gasteiger partial charge in [0, 0.05) is 16.7 Å². The number of fused-ring (bicyclic) bond motifs is 1. The summed E-state index contributed by atoms with van der Waals surface area (Å²) in [6.07, 6.45) is 5.69. The van der Waals surface area contributed by atoms with Gasteiger partial charge in [-0.15, -0.1) is 0 Å². The first kappa shape index (κ1) is 14.2. The zero-order valence-corrected chi connectivity index (χ0v) is 12.9. The lowest BCUT2D eigenvalue weighted by Crippen LogP contribution is -2.45. The number of nitrogens with one attached hydrogen (secondary N) is 1. The average molecular weight is 301 g/mol. The summed E-state index contributed by atoms with van der Waals surface area (Å²) in [4.78, 5) is 16.5. The second-order valence-electron chi connectivity index (χ2n) is 5.54. The first-order chi connectivity index (χ1) is 10.1. The molecule has 3 rings (SSSR count). The minimum absolute atomic E-state index is 0.146. The van der Waals surface area contributed by atoms with Gasteiger partial charge in [0.25, 0.3) is 5.91 Å². The van der Waals surface area contributed by atoms with Gasteiger partial charge in [0.05, 0.1) is 0 Å². The molecule has 0 atom stereocenters. The predicted octanol–water partition coefficient (Wildman–Crippen LogP) is 2.83. The molecule has 1 aromatic carbocycles. The van der Waals surface area contributed by atoms with Crippen LogP contribution in [0.25, 0.3) is 10.8 Å². The maximum absolute atomic E-state index is 12.3. The van der Waals surface area contributed by atoms with Crippen LogP contribution in [0, 0.1) is 0 Å². The number of carbonyl (C=O) groups is 1. The van der Waals surface area contributed by atoms with E-state index in [0.717, 1.165) is 10.8 Å². The Bertz CT molecular complexity index is 677. The molecule has 5 heteroatoms. The van der Waals surface area contributed by atoms with Gasteiger partial charge >= 0.3 is 0 Å². The molecular formula is C16H19N3OS. The van der Waals surface area contributed by atoms with E-state index in [1.165, 1.54) is 19.3 Å². The lowest BCUT2D eigenvalue weighted by atomic mass is 9.84. The zero-order chi connectivity index (χ0) is 14.9. The lowest BCUT2D eigenvalue weighted by Gasteiger charge is -2.40. The second kappa shape index (κ2) is 5.56. The molecule has 110 valence electrons. The number of nitrogen functional groups attached to an aromatic ring is 1. The van der Waals surface area contributed by atoms with E-state index in [9.17, 15) is 4.79 Å². The number of rotatable bonds is 4. The number of thioether (sulfide) groups is 1. The molecule has 0 spiro atoms. The molecule has 2 aromatic rings. The molecule has 0 saturated heterocycles. The first-order valence-corrected chi connectivity index (χ1v) is 8.35. The molecule has 0 unspecified atom stereocenters. The third-order valence-electron chi connectivity index (χ3n) is 4.27. The van der Waals surface area contributed by atoms with Crippen LogP contribution in [0.15, 0.2) is 30.3 Å². The summed E-state index contributed by atoms with van der Waals surface area (Å²) in [5.41, 5.74) is 6.34. The van der Waals surface area contributed by atoms with Crippen molar-refractivity contribution in [3.8, 4) is 0 Å². The monoisotopic (exact) mass is 301 g/mol. The van der Waals surface area contributed by atoms with Crippen LogP contribution in [0.5, 0.6) is 0 Å². The van der Waals surface area contributed by atoms with Crippen molar-refractivity contribution in [2.24, 2.45) is 0 Å². The second-order valence-corrected chi connectivity index (χ2v) is 6.81. The largest absolute Gasteiger partial charge is 0.383 e. The third kappa shape index (κ3) is 2.70. The summed E-state index contributed by atoms with van der Waals surface area (Å²) in [7, 11) is 0. The maximum atomic E-state index is 12.3. The molecule has 3 N–H and O–H groups in total. The molecule has 4 nitrogen and oxygen atoms in total. The van der Waals surface area contributed by atoms with Crippen LogP contribution in [0.4, 0.5) is 5.82 Å². The van der Waals surface area contributed by atoms with Crippen LogP contribution < -0.4 is 11.1 Å². The summed E-state index contributed by atoms with van der Waals surface area (Å²) >= 11 is 1.84. The normalized spacial score (nSPS) is 16.4. The van der Waals surface area contributed by atoms with Crippen LogP contribution in [0.2, 0.25) is 0 Å². The number of aromatic nitrogens is 1. The fourth-order valence-electron chi connectivity index (χ4n) is 2.70. The van der Waals surface area contributed by atoms with Gasteiger partial charge in [-0.05, 0) is 30.6 Å². The van der Waals surface area contributed by atoms with E-state index >= 15 is 0 Å². The fourth-order valence-corrected chi connectivity index (χ4v) is 3.61. The van der Waals surface area contributed by atoms with Crippen molar-refractivity contribution in [2.45, 2.75) is 24.0 Å². The smallest absolute Gasteiger partial charge is 0.270 e. The Balaban J connectivity index is 1.78. The van der Waals surface area contributed by atoms with Gasteiger partial charge in [0.1, 0.15) is 11.5 Å². The van der Waals surface area contributed by atoms with Gasteiger partial charge in [-0.25, -0.2) is 4.98 Å². The van der Waals surface area contributed by atoms with E-state index in [1.54, 1.807) is 6.07 Å². The minimum atomic E-state index is -0.146. The highest BCUT2D eigenvalue weighted by atomic mass is 32.2. The number of hydrogen-bond acceptors (Lipinski definition) is 4. The Hall–Kier alpha value is -1.75. The molecule has 1 aromatic heterocycles. The maximum Gasteiger partial charge on any atom is 0.270 e. The van der Waals surface area contributed by atoms with Crippen molar-refractivity contribution in [1.82, 2.24) is 10.3 Å². The Morgan fingerprint density at radius 1 is 1.43 bits per heavy atom. The highest BCUT2D eigenvalue weighted by Gasteiger charge is 2.36. The predicted molar refractivity (Wildman–Crippen MR) is 88.6 cm³/mol. The minimum Gasteiger partial charge on any atom is -0.383 e. The number of anilines is 1. The van der Waals surface area contributed by atoms with E-state index < -0.39 is 0 Å². The zero-order valence-electron chi connectivity index (χ0n) is 12.1. The van der Waals surface area contributed by atoms with Gasteiger partial charge in [-0.2, -0.15) is 11.8 Å². The van der Waals surface area contributed by atoms with Crippen molar-refractivity contribution in [3.05, 3.63) is 36.0 Å². The molecular weight excluding hydrogens is 282 g/mol. The van der Waals surface area contributed by atoms with E-state index in [1.807, 2.05) is 36.0 Å². The molecule has 0 bridgehead atoms. The highest BCUT2D eigenvalue weighted by Crippen LogP contribution is 2.42. The SMILES string of the molecule is CSC1(CNC(=O)c2cc3ccccc3c(N)n2)CCC1. The van der Waals surface area contributed by atoms with E-state index in [-0.39, 0.29) is 10.7 Å². The topological polar surface area (TPSA) is 68.0 Å². The summed E-state index contributed by atoms with van der Waals surface area (Å²) in [6.45, 7) is 0.696. The molecule has 1 aliphatic rings. The van der Waals surface area contributed by atoms with Crippen molar-refractivity contribution in [1.29, 1.82) is 0 Å². The van der Waals surface area contributed by atoms with E-state index in [2.05, 4.69) is 16.6 Å². The molecule has 21 heavy (non-hydrogen) atoms. The average Bonchev–Trinajstić information content (AvgIpc) is 2.46. The highest BCUT2D eigenvalue weighted by molar-refractivity contribution is 8.00. The number of benzene rings is 1. The lowest BCUT2D eigenvalue weighted by molar-refractivity contribution is 0.0939. The first-order valence-electron chi connectivity index (χ1n) is 7.12. The quantitative estimate of drug-likeness (QED) is 0.911. The van der Waals surface area contributed by atoms with Crippen LogP contribution in [0.3, 0.4) is 0 Å². The number of hydrogen-bond donors (Lipinski definition) is 2. The molecule has 0 radical (unpaired) electrons. The standard InChI is InChI=1S/C16H19N3OS/c1-21-16(7-4-8-16)10-18-15(20)13-9-11-5-2-3-6-12(11)14(17)19-13/h2-3,5-6,9H,4,7-8,10H2,1H3,(H2,17,19)(H,18,20). The van der Waals surface area contributed by atoms with Gasteiger partial charge in [0.15, 0.2) is 0 Å².